The highest BCUT2D eigenvalue weighted by Crippen LogP contribution is 2.65. The summed E-state index contributed by atoms with van der Waals surface area (Å²) in [5.41, 5.74) is -0.0900. The highest BCUT2D eigenvalue weighted by Gasteiger charge is 2.61. The summed E-state index contributed by atoms with van der Waals surface area (Å²) < 4.78 is 41.3. The van der Waals surface area contributed by atoms with E-state index in [2.05, 4.69) is 13.8 Å². The van der Waals surface area contributed by atoms with E-state index in [0.717, 1.165) is 37.3 Å². The van der Waals surface area contributed by atoms with E-state index in [-0.39, 0.29) is 40.4 Å². The number of aliphatic hydroxyl groups excluding tert-OH is 1. The zero-order valence-corrected chi connectivity index (χ0v) is 19.4. The van der Waals surface area contributed by atoms with Gasteiger partial charge in [0.15, 0.2) is 0 Å². The number of benzene rings is 1. The number of fused-ring (bicyclic) bond motifs is 5. The summed E-state index contributed by atoms with van der Waals surface area (Å²) in [7, 11) is 1.77. The lowest BCUT2D eigenvalue weighted by Gasteiger charge is -2.60. The summed E-state index contributed by atoms with van der Waals surface area (Å²) in [5.74, 6) is 0.829. The number of hydrogen-bond acceptors (Lipinski definition) is 2. The van der Waals surface area contributed by atoms with Crippen molar-refractivity contribution in [2.24, 2.45) is 28.6 Å². The Bertz CT molecular complexity index is 1030. The average molecular weight is 460 g/mol. The third-order valence-electron chi connectivity index (χ3n) is 9.52. The van der Waals surface area contributed by atoms with E-state index in [4.69, 9.17) is 0 Å². The van der Waals surface area contributed by atoms with Gasteiger partial charge >= 0.3 is 6.18 Å². The topological polar surface area (TPSA) is 40.5 Å². The highest BCUT2D eigenvalue weighted by molar-refractivity contribution is 5.89. The lowest BCUT2D eigenvalue weighted by molar-refractivity contribution is -0.138. The summed E-state index contributed by atoms with van der Waals surface area (Å²) in [6, 6.07) is 5.42. The molecule has 0 radical (unpaired) electrons. The minimum Gasteiger partial charge on any atom is -0.393 e. The predicted octanol–water partition coefficient (Wildman–Crippen LogP) is 5.70. The molecule has 1 aliphatic heterocycles. The van der Waals surface area contributed by atoms with Crippen molar-refractivity contribution in [3.63, 3.8) is 0 Å². The molecule has 0 bridgehead atoms. The Morgan fingerprint density at radius 2 is 1.85 bits per heavy atom. The summed E-state index contributed by atoms with van der Waals surface area (Å²) in [4.78, 5) is 14.4. The number of nitrogens with zero attached hydrogens (tertiary/aromatic N) is 1. The second-order valence-corrected chi connectivity index (χ2v) is 11.1. The Morgan fingerprint density at radius 1 is 1.12 bits per heavy atom. The number of amides is 1. The minimum atomic E-state index is -4.44. The number of halogens is 3. The Hall–Kier alpha value is -2.08. The third-order valence-corrected chi connectivity index (χ3v) is 9.52. The van der Waals surface area contributed by atoms with Gasteiger partial charge in [-0.05, 0) is 78.6 Å². The van der Waals surface area contributed by atoms with Gasteiger partial charge in [0.2, 0.25) is 5.91 Å². The normalized spacial score (nSPS) is 41.7. The smallest absolute Gasteiger partial charge is 0.393 e. The zero-order valence-electron chi connectivity index (χ0n) is 19.4. The van der Waals surface area contributed by atoms with Gasteiger partial charge in [0, 0.05) is 12.5 Å². The van der Waals surface area contributed by atoms with E-state index in [0.29, 0.717) is 18.3 Å². The molecule has 3 fully saturated rings. The molecule has 0 aromatic heterocycles. The van der Waals surface area contributed by atoms with Crippen LogP contribution < -0.4 is 0 Å². The van der Waals surface area contributed by atoms with Crippen LogP contribution in [0.25, 0.3) is 6.08 Å². The molecular formula is C27H32F3NO2. The summed E-state index contributed by atoms with van der Waals surface area (Å²) in [5, 5.41) is 10.8. The quantitative estimate of drug-likeness (QED) is 0.585. The summed E-state index contributed by atoms with van der Waals surface area (Å²) in [6.45, 7) is 4.36. The lowest BCUT2D eigenvalue weighted by atomic mass is 9.47. The fraction of sp³-hybridized carbons (Fsp3) is 0.593. The van der Waals surface area contributed by atoms with E-state index < -0.39 is 11.7 Å². The van der Waals surface area contributed by atoms with Crippen molar-refractivity contribution >= 4 is 12.0 Å². The van der Waals surface area contributed by atoms with Crippen molar-refractivity contribution in [2.75, 3.05) is 7.05 Å². The molecule has 1 aromatic rings. The molecule has 1 heterocycles. The molecule has 6 heteroatoms. The van der Waals surface area contributed by atoms with Crippen molar-refractivity contribution in [3.05, 3.63) is 53.1 Å². The van der Waals surface area contributed by atoms with Crippen molar-refractivity contribution in [3.8, 4) is 0 Å². The molecular weight excluding hydrogens is 427 g/mol. The van der Waals surface area contributed by atoms with Gasteiger partial charge in [-0.25, -0.2) is 0 Å². The van der Waals surface area contributed by atoms with Gasteiger partial charge in [-0.2, -0.15) is 13.2 Å². The van der Waals surface area contributed by atoms with Gasteiger partial charge in [-0.1, -0.05) is 44.2 Å². The molecule has 4 aliphatic rings. The molecule has 0 unspecified atom stereocenters. The first-order valence-corrected chi connectivity index (χ1v) is 12.0. The fourth-order valence-electron chi connectivity index (χ4n) is 7.90. The van der Waals surface area contributed by atoms with Crippen molar-refractivity contribution in [2.45, 2.75) is 64.3 Å². The van der Waals surface area contributed by atoms with Crippen molar-refractivity contribution in [1.29, 1.82) is 0 Å². The van der Waals surface area contributed by atoms with Gasteiger partial charge in [0.1, 0.15) is 0 Å². The fourth-order valence-corrected chi connectivity index (χ4v) is 7.90. The monoisotopic (exact) mass is 459 g/mol. The van der Waals surface area contributed by atoms with Gasteiger partial charge < -0.3 is 10.0 Å². The van der Waals surface area contributed by atoms with Crippen LogP contribution >= 0.6 is 0 Å². The number of carbonyl (C=O) groups is 1. The molecule has 7 atom stereocenters. The largest absolute Gasteiger partial charge is 0.416 e. The lowest BCUT2D eigenvalue weighted by Crippen LogP contribution is -2.60. The Labute approximate surface area is 193 Å². The molecule has 5 rings (SSSR count). The number of aliphatic hydroxyl groups is 1. The summed E-state index contributed by atoms with van der Waals surface area (Å²) in [6.07, 6.45) is 4.90. The van der Waals surface area contributed by atoms with Gasteiger partial charge in [0.05, 0.1) is 17.7 Å². The van der Waals surface area contributed by atoms with Crippen molar-refractivity contribution < 1.29 is 23.1 Å². The molecule has 3 aliphatic carbocycles. The number of carbonyl (C=O) groups excluding carboxylic acids is 1. The van der Waals surface area contributed by atoms with E-state index in [1.54, 1.807) is 30.2 Å². The van der Waals surface area contributed by atoms with E-state index in [9.17, 15) is 23.1 Å². The van der Waals surface area contributed by atoms with Crippen LogP contribution in [0.4, 0.5) is 13.2 Å². The van der Waals surface area contributed by atoms with Crippen LogP contribution in [0.15, 0.2) is 42.0 Å². The average Bonchev–Trinajstić information content (AvgIpc) is 3.05. The molecule has 1 amide bonds. The van der Waals surface area contributed by atoms with Crippen LogP contribution in [0.2, 0.25) is 0 Å². The number of rotatable bonds is 1. The number of alkyl halides is 3. The first kappa shape index (κ1) is 22.7. The van der Waals surface area contributed by atoms with Crippen LogP contribution in [0, 0.1) is 28.6 Å². The van der Waals surface area contributed by atoms with Crippen LogP contribution in [0.5, 0.6) is 0 Å². The standard InChI is InChI=1S/C27H32F3NO2/c1-25-12-10-21-18(20(25)8-9-22(25)32)15-17(24-26(21,2)13-11-23(33)31(24)3)14-16-6-4-5-7-19(16)27(28,29)30/h4-7,11,13-14,18,20-22,24,32H,8-10,12,15H2,1-3H3/b17-14-/t18-,20-,21-,22-,24+,25-,26+/m0/s1. The summed E-state index contributed by atoms with van der Waals surface area (Å²) >= 11 is 0. The first-order valence-electron chi connectivity index (χ1n) is 12.0. The molecule has 0 saturated heterocycles. The second kappa shape index (κ2) is 7.46. The Balaban J connectivity index is 1.65. The first-order chi connectivity index (χ1) is 15.5. The maximum absolute atomic E-state index is 13.8. The second-order valence-electron chi connectivity index (χ2n) is 11.1. The number of likely N-dealkylation sites (N-methyl/N-ethyl adjacent to an activating group) is 1. The molecule has 3 nitrogen and oxygen atoms in total. The minimum absolute atomic E-state index is 0.108. The van der Waals surface area contributed by atoms with Crippen LogP contribution in [-0.4, -0.2) is 35.1 Å². The molecule has 1 aromatic carbocycles. The van der Waals surface area contributed by atoms with Gasteiger partial charge in [-0.3, -0.25) is 4.79 Å². The maximum atomic E-state index is 13.8. The Kier molecular flexibility index (Phi) is 5.13. The molecule has 178 valence electrons. The van der Waals surface area contributed by atoms with Gasteiger partial charge in [-0.15, -0.1) is 0 Å². The van der Waals surface area contributed by atoms with Crippen molar-refractivity contribution in [1.82, 2.24) is 4.90 Å². The van der Waals surface area contributed by atoms with Crippen LogP contribution in [0.3, 0.4) is 0 Å². The number of hydrogen-bond donors (Lipinski definition) is 1. The van der Waals surface area contributed by atoms with Crippen LogP contribution in [-0.2, 0) is 11.0 Å². The van der Waals surface area contributed by atoms with E-state index in [1.807, 2.05) is 6.08 Å². The molecule has 3 saturated carbocycles. The van der Waals surface area contributed by atoms with Gasteiger partial charge in [0.25, 0.3) is 0 Å². The SMILES string of the molecule is CN1C(=O)C=C[C@]2(C)[C@H]3CC[C@]4(C)[C@@H](O)CC[C@H]4[C@@H]3C/C(=C/c3ccccc3C(F)(F)F)[C@@H]12. The van der Waals surface area contributed by atoms with Crippen LogP contribution in [0.1, 0.15) is 57.1 Å². The maximum Gasteiger partial charge on any atom is 0.416 e. The van der Waals surface area contributed by atoms with E-state index in [1.165, 1.54) is 12.1 Å². The highest BCUT2D eigenvalue weighted by atomic mass is 19.4. The van der Waals surface area contributed by atoms with E-state index >= 15 is 0 Å². The Morgan fingerprint density at radius 3 is 2.58 bits per heavy atom. The molecule has 0 spiro atoms. The molecule has 1 N–H and O–H groups in total. The zero-order chi connectivity index (χ0) is 23.8. The predicted molar refractivity (Wildman–Crippen MR) is 121 cm³/mol. The third kappa shape index (κ3) is 3.31. The molecule has 33 heavy (non-hydrogen) atoms.